The first-order chi connectivity index (χ1) is 29.5. The highest BCUT2D eigenvalue weighted by Crippen LogP contribution is 2.46. The summed E-state index contributed by atoms with van der Waals surface area (Å²) in [5.41, 5.74) is 2.55. The molecule has 3 heterocycles. The van der Waals surface area contributed by atoms with E-state index in [1.54, 1.807) is 43.5 Å². The molecule has 316 valence electrons. The molecule has 0 bridgehead atoms. The summed E-state index contributed by atoms with van der Waals surface area (Å²) in [5.74, 6) is -0.407. The van der Waals surface area contributed by atoms with Gasteiger partial charge in [0.1, 0.15) is 35.2 Å². The van der Waals surface area contributed by atoms with Crippen molar-refractivity contribution in [3.63, 3.8) is 0 Å². The first-order valence-electron chi connectivity index (χ1n) is 20.5. The molecule has 2 aliphatic heterocycles. The van der Waals surface area contributed by atoms with Crippen molar-refractivity contribution in [3.8, 4) is 28.5 Å². The lowest BCUT2D eigenvalue weighted by atomic mass is 10.0. The van der Waals surface area contributed by atoms with Gasteiger partial charge in [-0.3, -0.25) is 14.4 Å². The number of allylic oxidation sites excluding steroid dienone is 1. The van der Waals surface area contributed by atoms with Gasteiger partial charge in [0.15, 0.2) is 5.75 Å². The molecule has 3 aliphatic rings. The molecule has 5 aromatic rings. The van der Waals surface area contributed by atoms with Crippen LogP contribution >= 0.6 is 0 Å². The number of aromatic nitrogens is 1. The number of fused-ring (bicyclic) bond motifs is 3. The van der Waals surface area contributed by atoms with Crippen LogP contribution in [0.1, 0.15) is 50.5 Å². The number of methoxy groups -OCH3 is 1. The Kier molecular flexibility index (Phi) is 11.9. The Morgan fingerprint density at radius 1 is 0.902 bits per heavy atom. The van der Waals surface area contributed by atoms with Crippen molar-refractivity contribution in [3.05, 3.63) is 127 Å². The number of rotatable bonds is 9. The number of nitrogens with one attached hydrogen (secondary N) is 3. The predicted molar refractivity (Wildman–Crippen MR) is 224 cm³/mol. The molecule has 3 N–H and O–H groups in total. The zero-order chi connectivity index (χ0) is 42.6. The highest BCUT2D eigenvalue weighted by molar-refractivity contribution is 5.98. The molecule has 0 radical (unpaired) electrons. The number of carbonyl (C=O) groups is 3. The van der Waals surface area contributed by atoms with E-state index in [-0.39, 0.29) is 24.6 Å². The Morgan fingerprint density at radius 2 is 1.69 bits per heavy atom. The number of alkyl halides is 3. The molecule has 1 aliphatic carbocycles. The highest BCUT2D eigenvalue weighted by Gasteiger charge is 2.61. The molecule has 5 atom stereocenters. The van der Waals surface area contributed by atoms with Crippen molar-refractivity contribution in [2.45, 2.75) is 74.8 Å². The molecule has 1 saturated heterocycles. The van der Waals surface area contributed by atoms with E-state index < -0.39 is 53.2 Å². The number of benzene rings is 4. The van der Waals surface area contributed by atoms with Gasteiger partial charge in [-0.05, 0) is 68.1 Å². The zero-order valence-electron chi connectivity index (χ0n) is 33.5. The zero-order valence-corrected chi connectivity index (χ0v) is 33.5. The summed E-state index contributed by atoms with van der Waals surface area (Å²) in [7, 11) is 1.57. The number of halogens is 3. The average molecular weight is 834 g/mol. The van der Waals surface area contributed by atoms with Gasteiger partial charge < -0.3 is 29.8 Å². The number of hydroxylamine groups is 1. The minimum Gasteiger partial charge on any atom is -0.497 e. The van der Waals surface area contributed by atoms with E-state index in [9.17, 15) is 27.6 Å². The third-order valence-electron chi connectivity index (χ3n) is 11.5. The smallest absolute Gasteiger partial charge is 0.416 e. The maximum absolute atomic E-state index is 14.9. The molecule has 1 aromatic heterocycles. The van der Waals surface area contributed by atoms with Gasteiger partial charge >= 0.3 is 6.18 Å². The van der Waals surface area contributed by atoms with Crippen LogP contribution in [0.5, 0.6) is 17.2 Å². The standard InChI is InChI=1S/C47H46F3N5O6/c1-59-35-22-23-37-40(25-35)52-39(30-14-7-5-8-15-30)27-42(37)60-36-26-41-43(56)53-46(45(58)54-61-34-19-10-6-11-20-34)28-32(46)16-9-3-2-4-12-21-38(44(57)55(41)29-36)51-33-18-13-17-31(24-33)47(48,49)50/h5-11,13-20,22-25,27,32,36,38,41,51H,2-4,12,21,26,28-29H2,1H3,(H,53,56)(H,54,58)/t32-,36-,38+,41+,46-/m1/s1. The number of carbonyl (C=O) groups excluding carboxylic acids is 3. The molecule has 0 unspecified atom stereocenters. The van der Waals surface area contributed by atoms with Gasteiger partial charge in [-0.2, -0.15) is 18.7 Å². The van der Waals surface area contributed by atoms with Crippen LogP contribution in [0.4, 0.5) is 18.9 Å². The largest absolute Gasteiger partial charge is 0.497 e. The van der Waals surface area contributed by atoms with Gasteiger partial charge in [0.2, 0.25) is 11.8 Å². The third-order valence-corrected chi connectivity index (χ3v) is 11.5. The van der Waals surface area contributed by atoms with E-state index in [1.807, 2.05) is 60.7 Å². The van der Waals surface area contributed by atoms with Crippen LogP contribution in [-0.4, -0.2) is 65.0 Å². The summed E-state index contributed by atoms with van der Waals surface area (Å²) in [6.45, 7) is -0.0159. The van der Waals surface area contributed by atoms with E-state index in [0.29, 0.717) is 59.5 Å². The first-order valence-corrected chi connectivity index (χ1v) is 20.5. The number of hydrogen-bond donors (Lipinski definition) is 3. The number of hydrogen-bond acceptors (Lipinski definition) is 8. The number of anilines is 1. The Morgan fingerprint density at radius 3 is 2.46 bits per heavy atom. The molecule has 0 spiro atoms. The highest BCUT2D eigenvalue weighted by atomic mass is 19.4. The number of amides is 3. The number of ether oxygens (including phenoxy) is 2. The Hall–Kier alpha value is -6.57. The van der Waals surface area contributed by atoms with Crippen LogP contribution in [0.25, 0.3) is 22.2 Å². The summed E-state index contributed by atoms with van der Waals surface area (Å²) in [4.78, 5) is 55.4. The predicted octanol–water partition coefficient (Wildman–Crippen LogP) is 8.26. The molecule has 3 amide bonds. The van der Waals surface area contributed by atoms with Crippen molar-refractivity contribution in [1.82, 2.24) is 20.7 Å². The van der Waals surface area contributed by atoms with E-state index in [0.717, 1.165) is 30.5 Å². The monoisotopic (exact) mass is 833 g/mol. The fraction of sp³-hybridized carbons (Fsp3) is 0.319. The van der Waals surface area contributed by atoms with Crippen molar-refractivity contribution < 1.29 is 41.9 Å². The van der Waals surface area contributed by atoms with Crippen LogP contribution in [-0.2, 0) is 20.6 Å². The minimum absolute atomic E-state index is 0.0159. The second-order valence-electron chi connectivity index (χ2n) is 15.7. The van der Waals surface area contributed by atoms with Gasteiger partial charge in [-0.25, -0.2) is 4.98 Å². The van der Waals surface area contributed by atoms with Crippen molar-refractivity contribution in [2.75, 3.05) is 19.0 Å². The van der Waals surface area contributed by atoms with Crippen LogP contribution in [0.2, 0.25) is 0 Å². The lowest BCUT2D eigenvalue weighted by molar-refractivity contribution is -0.141. The van der Waals surface area contributed by atoms with Crippen molar-refractivity contribution >= 4 is 34.3 Å². The van der Waals surface area contributed by atoms with Gasteiger partial charge in [0.05, 0.1) is 30.4 Å². The second-order valence-corrected chi connectivity index (χ2v) is 15.7. The van der Waals surface area contributed by atoms with E-state index in [4.69, 9.17) is 19.3 Å². The lowest BCUT2D eigenvalue weighted by Gasteiger charge is -2.30. The van der Waals surface area contributed by atoms with Crippen molar-refractivity contribution in [1.29, 1.82) is 0 Å². The summed E-state index contributed by atoms with van der Waals surface area (Å²) in [6, 6.07) is 28.3. The van der Waals surface area contributed by atoms with Crippen LogP contribution in [0.3, 0.4) is 0 Å². The second kappa shape index (κ2) is 17.6. The van der Waals surface area contributed by atoms with Crippen LogP contribution < -0.4 is 30.4 Å². The van der Waals surface area contributed by atoms with E-state index in [2.05, 4.69) is 16.1 Å². The summed E-state index contributed by atoms with van der Waals surface area (Å²) in [5, 5.41) is 6.78. The molecule has 2 fully saturated rings. The Labute approximate surface area is 351 Å². The van der Waals surface area contributed by atoms with Gasteiger partial charge in [-0.15, -0.1) is 0 Å². The summed E-state index contributed by atoms with van der Waals surface area (Å²) >= 11 is 0. The fourth-order valence-corrected chi connectivity index (χ4v) is 8.17. The molecule has 8 rings (SSSR count). The maximum Gasteiger partial charge on any atom is 0.416 e. The molecule has 11 nitrogen and oxygen atoms in total. The van der Waals surface area contributed by atoms with Crippen molar-refractivity contribution in [2.24, 2.45) is 5.92 Å². The molecule has 1 saturated carbocycles. The summed E-state index contributed by atoms with van der Waals surface area (Å²) in [6.07, 6.45) is 2.17. The number of nitrogens with zero attached hydrogens (tertiary/aromatic N) is 2. The lowest BCUT2D eigenvalue weighted by Crippen LogP contribution is -2.57. The molecule has 4 aromatic carbocycles. The first kappa shape index (κ1) is 41.2. The fourth-order valence-electron chi connectivity index (χ4n) is 8.17. The van der Waals surface area contributed by atoms with Crippen LogP contribution in [0, 0.1) is 5.92 Å². The van der Waals surface area contributed by atoms with E-state index >= 15 is 0 Å². The molecule has 61 heavy (non-hydrogen) atoms. The summed E-state index contributed by atoms with van der Waals surface area (Å²) < 4.78 is 53.6. The average Bonchev–Trinajstić information content (AvgIpc) is 3.80. The SMILES string of the molecule is COc1ccc2c(O[C@@H]3C[C@H]4C(=O)N[C@]5(C(=O)NOc6ccccc6)C[C@H]5C=CCCCCC[C@H](Nc5cccc(C(F)(F)F)c5)C(=O)N4C3)cc(-c3ccccc3)nc2c1. The van der Waals surface area contributed by atoms with Gasteiger partial charge in [0.25, 0.3) is 5.91 Å². The quantitative estimate of drug-likeness (QED) is 0.100. The molecular weight excluding hydrogens is 788 g/mol. The van der Waals surface area contributed by atoms with Crippen LogP contribution in [0.15, 0.2) is 121 Å². The third kappa shape index (κ3) is 9.28. The minimum atomic E-state index is -4.59. The normalized spacial score (nSPS) is 23.1. The number of para-hydroxylation sites is 1. The topological polar surface area (TPSA) is 131 Å². The maximum atomic E-state index is 14.9. The van der Waals surface area contributed by atoms with Gasteiger partial charge in [0, 0.05) is 41.1 Å². The molecular formula is C47H46F3N5O6. The molecule has 14 heteroatoms. The Balaban J connectivity index is 1.13. The number of pyridine rings is 1. The Bertz CT molecular complexity index is 2420. The van der Waals surface area contributed by atoms with Gasteiger partial charge in [-0.1, -0.05) is 79.6 Å². The van der Waals surface area contributed by atoms with E-state index in [1.165, 1.54) is 17.0 Å².